The van der Waals surface area contributed by atoms with E-state index in [4.69, 9.17) is 4.74 Å². The Bertz CT molecular complexity index is 441. The molecule has 1 aliphatic carbocycles. The van der Waals surface area contributed by atoms with Crippen molar-refractivity contribution in [1.82, 2.24) is 0 Å². The van der Waals surface area contributed by atoms with Crippen LogP contribution in [0.25, 0.3) is 0 Å². The lowest BCUT2D eigenvalue weighted by Gasteiger charge is -2.14. The van der Waals surface area contributed by atoms with Gasteiger partial charge in [0.2, 0.25) is 0 Å². The van der Waals surface area contributed by atoms with Gasteiger partial charge >= 0.3 is 0 Å². The molecular formula is C13H16BrF2NO2. The van der Waals surface area contributed by atoms with E-state index in [1.54, 1.807) is 0 Å². The number of rotatable bonds is 7. The standard InChI is InChI=1S/C13H16BrF2NO2/c14-10-3-12(16)13(4-11(10)15)17-5-9(18)7-19-6-8-1-2-8/h3-4,8-9,17-18H,1-2,5-7H2. The number of halogens is 3. The first-order valence-electron chi connectivity index (χ1n) is 6.20. The molecule has 3 nitrogen and oxygen atoms in total. The van der Waals surface area contributed by atoms with Gasteiger partial charge in [-0.1, -0.05) is 0 Å². The summed E-state index contributed by atoms with van der Waals surface area (Å²) in [6.07, 6.45) is 1.64. The van der Waals surface area contributed by atoms with Crippen molar-refractivity contribution in [3.8, 4) is 0 Å². The molecule has 0 radical (unpaired) electrons. The number of aliphatic hydroxyl groups is 1. The molecule has 1 aliphatic rings. The van der Waals surface area contributed by atoms with Gasteiger partial charge in [0.1, 0.15) is 11.6 Å². The molecule has 1 unspecified atom stereocenters. The molecule has 2 N–H and O–H groups in total. The normalized spacial score (nSPS) is 16.4. The maximum absolute atomic E-state index is 13.5. The van der Waals surface area contributed by atoms with Crippen LogP contribution in [0.5, 0.6) is 0 Å². The average Bonchev–Trinajstić information content (AvgIpc) is 3.16. The molecule has 6 heteroatoms. The molecule has 1 aromatic rings. The molecule has 1 aromatic carbocycles. The van der Waals surface area contributed by atoms with E-state index in [2.05, 4.69) is 21.2 Å². The maximum atomic E-state index is 13.5. The monoisotopic (exact) mass is 335 g/mol. The van der Waals surface area contributed by atoms with Crippen LogP contribution in [-0.4, -0.2) is 31.0 Å². The molecule has 0 amide bonds. The molecule has 2 rings (SSSR count). The molecule has 1 saturated carbocycles. The predicted molar refractivity (Wildman–Crippen MR) is 72.1 cm³/mol. The van der Waals surface area contributed by atoms with Crippen molar-refractivity contribution >= 4 is 21.6 Å². The molecule has 106 valence electrons. The lowest BCUT2D eigenvalue weighted by atomic mass is 10.2. The molecule has 0 spiro atoms. The third kappa shape index (κ3) is 4.71. The summed E-state index contributed by atoms with van der Waals surface area (Å²) in [6, 6.07) is 2.10. The average molecular weight is 336 g/mol. The van der Waals surface area contributed by atoms with Crippen LogP contribution >= 0.6 is 15.9 Å². The van der Waals surface area contributed by atoms with E-state index < -0.39 is 17.7 Å². The SMILES string of the molecule is OC(CNc1cc(F)c(Br)cc1F)COCC1CC1. The Labute approximate surface area is 119 Å². The number of hydrogen-bond acceptors (Lipinski definition) is 3. The van der Waals surface area contributed by atoms with Crippen molar-refractivity contribution in [3.05, 3.63) is 28.2 Å². The van der Waals surface area contributed by atoms with Gasteiger partial charge in [-0.25, -0.2) is 8.78 Å². The van der Waals surface area contributed by atoms with E-state index in [0.717, 1.165) is 12.1 Å². The van der Waals surface area contributed by atoms with Crippen LogP contribution in [0.1, 0.15) is 12.8 Å². The van der Waals surface area contributed by atoms with E-state index in [1.165, 1.54) is 12.8 Å². The minimum Gasteiger partial charge on any atom is -0.389 e. The summed E-state index contributed by atoms with van der Waals surface area (Å²) in [4.78, 5) is 0. The second-order valence-corrected chi connectivity index (χ2v) is 5.62. The summed E-state index contributed by atoms with van der Waals surface area (Å²) < 4.78 is 32.1. The molecule has 0 heterocycles. The largest absolute Gasteiger partial charge is 0.389 e. The summed E-state index contributed by atoms with van der Waals surface area (Å²) >= 11 is 2.90. The predicted octanol–water partition coefficient (Wildman–Crippen LogP) is 2.93. The van der Waals surface area contributed by atoms with Crippen LogP contribution in [0.15, 0.2) is 16.6 Å². The maximum Gasteiger partial charge on any atom is 0.147 e. The van der Waals surface area contributed by atoms with E-state index in [9.17, 15) is 13.9 Å². The Kier molecular flexibility index (Phi) is 5.13. The second kappa shape index (κ2) is 6.63. The Balaban J connectivity index is 1.75. The Morgan fingerprint density at radius 1 is 1.37 bits per heavy atom. The van der Waals surface area contributed by atoms with Gasteiger partial charge in [-0.3, -0.25) is 0 Å². The zero-order valence-corrected chi connectivity index (χ0v) is 11.9. The van der Waals surface area contributed by atoms with Crippen LogP contribution in [0.2, 0.25) is 0 Å². The van der Waals surface area contributed by atoms with Crippen LogP contribution in [0, 0.1) is 17.6 Å². The smallest absolute Gasteiger partial charge is 0.147 e. The number of ether oxygens (including phenoxy) is 1. The van der Waals surface area contributed by atoms with Crippen molar-refractivity contribution in [2.75, 3.05) is 25.1 Å². The highest BCUT2D eigenvalue weighted by atomic mass is 79.9. The third-order valence-corrected chi connectivity index (χ3v) is 3.51. The van der Waals surface area contributed by atoms with E-state index in [0.29, 0.717) is 12.5 Å². The lowest BCUT2D eigenvalue weighted by Crippen LogP contribution is -2.25. The number of aliphatic hydroxyl groups excluding tert-OH is 1. The number of nitrogens with one attached hydrogen (secondary N) is 1. The number of anilines is 1. The van der Waals surface area contributed by atoms with Crippen LogP contribution < -0.4 is 5.32 Å². The van der Waals surface area contributed by atoms with Gasteiger partial charge in [-0.05, 0) is 40.8 Å². The molecule has 1 atom stereocenters. The molecule has 0 saturated heterocycles. The second-order valence-electron chi connectivity index (χ2n) is 4.76. The minimum atomic E-state index is -0.746. The molecule has 0 aliphatic heterocycles. The third-order valence-electron chi connectivity index (χ3n) is 2.90. The molecular weight excluding hydrogens is 320 g/mol. The minimum absolute atomic E-state index is 0.0296. The summed E-state index contributed by atoms with van der Waals surface area (Å²) in [6.45, 7) is 0.977. The van der Waals surface area contributed by atoms with Gasteiger partial charge in [0.05, 0.1) is 22.9 Å². The van der Waals surface area contributed by atoms with E-state index in [-0.39, 0.29) is 23.3 Å². The van der Waals surface area contributed by atoms with Gasteiger partial charge in [0.25, 0.3) is 0 Å². The number of benzene rings is 1. The lowest BCUT2D eigenvalue weighted by molar-refractivity contribution is 0.0386. The summed E-state index contributed by atoms with van der Waals surface area (Å²) in [7, 11) is 0. The fourth-order valence-electron chi connectivity index (χ4n) is 1.60. The Morgan fingerprint density at radius 2 is 2.11 bits per heavy atom. The van der Waals surface area contributed by atoms with E-state index in [1.807, 2.05) is 0 Å². The van der Waals surface area contributed by atoms with Crippen LogP contribution in [-0.2, 0) is 4.74 Å². The van der Waals surface area contributed by atoms with Crippen LogP contribution in [0.4, 0.5) is 14.5 Å². The van der Waals surface area contributed by atoms with Crippen molar-refractivity contribution < 1.29 is 18.6 Å². The van der Waals surface area contributed by atoms with Gasteiger partial charge < -0.3 is 15.2 Å². The zero-order chi connectivity index (χ0) is 13.8. The fraction of sp³-hybridized carbons (Fsp3) is 0.538. The zero-order valence-electron chi connectivity index (χ0n) is 10.3. The van der Waals surface area contributed by atoms with Crippen LogP contribution in [0.3, 0.4) is 0 Å². The first-order valence-corrected chi connectivity index (χ1v) is 6.99. The van der Waals surface area contributed by atoms with Gasteiger partial charge in [-0.15, -0.1) is 0 Å². The Morgan fingerprint density at radius 3 is 2.79 bits per heavy atom. The van der Waals surface area contributed by atoms with Crippen molar-refractivity contribution in [1.29, 1.82) is 0 Å². The molecule has 19 heavy (non-hydrogen) atoms. The van der Waals surface area contributed by atoms with Gasteiger partial charge in [0.15, 0.2) is 0 Å². The molecule has 1 fully saturated rings. The van der Waals surface area contributed by atoms with Gasteiger partial charge in [0, 0.05) is 19.2 Å². The van der Waals surface area contributed by atoms with Crippen molar-refractivity contribution in [2.24, 2.45) is 5.92 Å². The summed E-state index contributed by atoms with van der Waals surface area (Å²) in [5.41, 5.74) is 0.0296. The van der Waals surface area contributed by atoms with E-state index >= 15 is 0 Å². The molecule has 0 bridgehead atoms. The topological polar surface area (TPSA) is 41.5 Å². The van der Waals surface area contributed by atoms with Crippen molar-refractivity contribution in [2.45, 2.75) is 18.9 Å². The first kappa shape index (κ1) is 14.7. The fourth-order valence-corrected chi connectivity index (χ4v) is 1.92. The highest BCUT2D eigenvalue weighted by Gasteiger charge is 2.21. The summed E-state index contributed by atoms with van der Waals surface area (Å²) in [5, 5.41) is 12.3. The summed E-state index contributed by atoms with van der Waals surface area (Å²) in [5.74, 6) is -0.485. The molecule has 0 aromatic heterocycles. The highest BCUT2D eigenvalue weighted by molar-refractivity contribution is 9.10. The quantitative estimate of drug-likeness (QED) is 0.753. The Hall–Kier alpha value is -0.720. The van der Waals surface area contributed by atoms with Crippen molar-refractivity contribution in [3.63, 3.8) is 0 Å². The number of hydrogen-bond donors (Lipinski definition) is 2. The first-order chi connectivity index (χ1) is 9.06. The highest BCUT2D eigenvalue weighted by Crippen LogP contribution is 2.28. The van der Waals surface area contributed by atoms with Gasteiger partial charge in [-0.2, -0.15) is 0 Å².